The number of nitrogens with two attached hydrogens (primary N) is 2. The first-order chi connectivity index (χ1) is 8.59. The molecule has 2 aromatic heterocycles. The maximum Gasteiger partial charge on any atom is -0.358 e. The van der Waals surface area contributed by atoms with Gasteiger partial charge in [-0.05, 0) is 0 Å². The fraction of sp³-hybridized carbons (Fsp3) is 0.375. The molecule has 0 saturated carbocycles. The minimum absolute atomic E-state index is 0. The van der Waals surface area contributed by atoms with Crippen LogP contribution in [-0.2, 0) is 65.9 Å². The van der Waals surface area contributed by atoms with Crippen LogP contribution in [-0.4, -0.2) is 18.3 Å². The number of nitrogens with zero attached hydrogens (tertiary/aromatic N) is 4. The van der Waals surface area contributed by atoms with Crippen molar-refractivity contribution in [1.29, 1.82) is 0 Å². The van der Waals surface area contributed by atoms with Gasteiger partial charge in [0.2, 0.25) is 0 Å². The van der Waals surface area contributed by atoms with Gasteiger partial charge >= 0.3 is 129 Å². The van der Waals surface area contributed by atoms with E-state index in [4.69, 9.17) is 0 Å². The van der Waals surface area contributed by atoms with Gasteiger partial charge in [0.05, 0.1) is 0 Å². The number of aromatic nitrogens is 4. The zero-order valence-corrected chi connectivity index (χ0v) is 20.3. The van der Waals surface area contributed by atoms with Crippen molar-refractivity contribution < 1.29 is 38.7 Å². The Morgan fingerprint density at radius 2 is 0.958 bits per heavy atom. The SMILES string of the molecule is Cn1ccn(CCCCn2ccn(C)[c]2=[Pt])[c]1=[Pt].[CH3-].[CH3-].[CH3-].[CH3-].[NH2-].[NH2-]. The van der Waals surface area contributed by atoms with Crippen molar-refractivity contribution in [3.63, 3.8) is 0 Å². The molecule has 2 rings (SSSR count). The average molecular weight is 701 g/mol. The van der Waals surface area contributed by atoms with E-state index in [2.05, 4.69) is 95.9 Å². The van der Waals surface area contributed by atoms with E-state index in [1.165, 1.54) is 20.5 Å². The van der Waals surface area contributed by atoms with E-state index in [0.29, 0.717) is 0 Å². The van der Waals surface area contributed by atoms with E-state index in [1.54, 1.807) is 0 Å². The van der Waals surface area contributed by atoms with Crippen LogP contribution < -0.4 is 0 Å². The van der Waals surface area contributed by atoms with Crippen molar-refractivity contribution in [2.24, 2.45) is 14.1 Å². The molecule has 0 amide bonds. The van der Waals surface area contributed by atoms with Gasteiger partial charge in [0, 0.05) is 0 Å². The van der Waals surface area contributed by atoms with E-state index in [0.717, 1.165) is 13.1 Å². The zero-order valence-electron chi connectivity index (χ0n) is 15.7. The van der Waals surface area contributed by atoms with Crippen molar-refractivity contribution in [2.45, 2.75) is 25.9 Å². The average Bonchev–Trinajstić information content (AvgIpc) is 2.83. The summed E-state index contributed by atoms with van der Waals surface area (Å²) in [6.45, 7) is 2.20. The first kappa shape index (κ1) is 34.9. The Hall–Kier alpha value is -0.283. The molecule has 24 heavy (non-hydrogen) atoms. The molecule has 154 valence electrons. The summed E-state index contributed by atoms with van der Waals surface area (Å²) >= 11 is 4.74. The topological polar surface area (TPSA) is 86.7 Å². The molecule has 2 heterocycles. The summed E-state index contributed by atoms with van der Waals surface area (Å²) in [6.07, 6.45) is 10.9. The van der Waals surface area contributed by atoms with Crippen LogP contribution in [0.2, 0.25) is 0 Å². The number of aryl methyl sites for hydroxylation is 4. The molecular formula is C16H34N6Pt2-6. The fourth-order valence-electron chi connectivity index (χ4n) is 1.88. The molecule has 0 bridgehead atoms. The number of hydrogen-bond donors (Lipinski definition) is 0. The molecule has 0 fully saturated rings. The Balaban J connectivity index is -0.000000201. The Morgan fingerprint density at radius 1 is 0.667 bits per heavy atom. The van der Waals surface area contributed by atoms with Gasteiger partial charge in [-0.3, -0.25) is 0 Å². The van der Waals surface area contributed by atoms with Crippen molar-refractivity contribution in [3.05, 3.63) is 74.4 Å². The van der Waals surface area contributed by atoms with Gasteiger partial charge in [-0.2, -0.15) is 0 Å². The summed E-state index contributed by atoms with van der Waals surface area (Å²) in [5, 5.41) is 0. The third-order valence-electron chi connectivity index (χ3n) is 2.97. The van der Waals surface area contributed by atoms with Crippen molar-refractivity contribution in [2.75, 3.05) is 0 Å². The van der Waals surface area contributed by atoms with Crippen LogP contribution in [0.25, 0.3) is 12.3 Å². The van der Waals surface area contributed by atoms with Crippen LogP contribution in [0, 0.1) is 37.3 Å². The Bertz CT molecular complexity index is 579. The van der Waals surface area contributed by atoms with Crippen LogP contribution >= 0.6 is 0 Å². The van der Waals surface area contributed by atoms with Gasteiger partial charge in [0.1, 0.15) is 0 Å². The van der Waals surface area contributed by atoms with Gasteiger partial charge in [-0.1, -0.05) is 0 Å². The molecule has 0 radical (unpaired) electrons. The molecule has 0 atom stereocenters. The maximum atomic E-state index is 2.37. The van der Waals surface area contributed by atoms with E-state index < -0.39 is 0 Å². The Labute approximate surface area is 170 Å². The number of hydrogen-bond acceptors (Lipinski definition) is 0. The third kappa shape index (κ3) is 8.71. The Kier molecular flexibility index (Phi) is 23.6. The molecule has 6 nitrogen and oxygen atoms in total. The minimum Gasteiger partial charge on any atom is -0.693 e. The van der Waals surface area contributed by atoms with Crippen LogP contribution in [0.1, 0.15) is 12.8 Å². The fourth-order valence-corrected chi connectivity index (χ4v) is 3.06. The second-order valence-corrected chi connectivity index (χ2v) is 6.43. The van der Waals surface area contributed by atoms with E-state index in [-0.39, 0.29) is 42.0 Å². The van der Waals surface area contributed by atoms with Gasteiger partial charge in [-0.15, -0.1) is 0 Å². The summed E-state index contributed by atoms with van der Waals surface area (Å²) in [7, 11) is 4.17. The monoisotopic (exact) mass is 700 g/mol. The molecule has 0 aromatic carbocycles. The standard InChI is InChI=1S/C12H18N4.4CH3.2H2N.2Pt/c1-13-7-9-15(11-13)5-3-4-6-16-10-8-14(2)12-16;;;;;;;;/h7-10H,3-6H2,1-2H3;4*1H3;2*1H2;;/q;6*-1;;. The van der Waals surface area contributed by atoms with Crippen molar-refractivity contribution >= 4 is 0 Å². The second-order valence-electron chi connectivity index (χ2n) is 4.39. The molecular weight excluding hydrogens is 666 g/mol. The van der Waals surface area contributed by atoms with Gasteiger partial charge in [0.15, 0.2) is 0 Å². The summed E-state index contributed by atoms with van der Waals surface area (Å²) < 4.78 is 11.5. The van der Waals surface area contributed by atoms with E-state index in [1.807, 2.05) is 0 Å². The van der Waals surface area contributed by atoms with Crippen molar-refractivity contribution in [1.82, 2.24) is 18.3 Å². The predicted molar refractivity (Wildman–Crippen MR) is 98.8 cm³/mol. The molecule has 0 aliphatic heterocycles. The predicted octanol–water partition coefficient (Wildman–Crippen LogP) is 4.84. The second kappa shape index (κ2) is 16.2. The summed E-state index contributed by atoms with van der Waals surface area (Å²) in [6, 6.07) is 0. The number of imidazole rings is 2. The summed E-state index contributed by atoms with van der Waals surface area (Å²) in [4.78, 5) is 0. The minimum atomic E-state index is 0. The quantitative estimate of drug-likeness (QED) is 0.316. The molecule has 0 unspecified atom stereocenters. The van der Waals surface area contributed by atoms with Crippen LogP contribution in [0.4, 0.5) is 0 Å². The molecule has 0 saturated heterocycles. The zero-order chi connectivity index (χ0) is 13.1. The van der Waals surface area contributed by atoms with Crippen LogP contribution in [0.5, 0.6) is 0 Å². The first-order valence-electron chi connectivity index (χ1n) is 5.94. The molecule has 0 aliphatic carbocycles. The van der Waals surface area contributed by atoms with Crippen LogP contribution in [0.3, 0.4) is 0 Å². The van der Waals surface area contributed by atoms with Gasteiger partial charge in [0.25, 0.3) is 0 Å². The first-order valence-corrected chi connectivity index (χ1v) is 8.21. The van der Waals surface area contributed by atoms with E-state index >= 15 is 0 Å². The summed E-state index contributed by atoms with van der Waals surface area (Å²) in [5.41, 5.74) is 0. The third-order valence-corrected chi connectivity index (χ3v) is 5.87. The molecule has 0 spiro atoms. The molecule has 0 aliphatic rings. The molecule has 8 heteroatoms. The van der Waals surface area contributed by atoms with E-state index in [9.17, 15) is 0 Å². The largest absolute Gasteiger partial charge is 0.693 e. The van der Waals surface area contributed by atoms with Crippen LogP contribution in [0.15, 0.2) is 24.8 Å². The van der Waals surface area contributed by atoms with Gasteiger partial charge in [-0.25, -0.2) is 0 Å². The van der Waals surface area contributed by atoms with Crippen molar-refractivity contribution in [3.8, 4) is 0 Å². The van der Waals surface area contributed by atoms with Gasteiger partial charge < -0.3 is 42.0 Å². The molecule has 4 N–H and O–H groups in total. The Morgan fingerprint density at radius 3 is 1.17 bits per heavy atom. The summed E-state index contributed by atoms with van der Waals surface area (Å²) in [5.74, 6) is 0. The number of unbranched alkanes of at least 4 members (excludes halogenated alkanes) is 1. The molecule has 2 aromatic rings. The normalized spacial score (nSPS) is 8.42. The smallest absolute Gasteiger partial charge is 0.358 e. The number of rotatable bonds is 5. The maximum absolute atomic E-state index is 2.37.